The normalized spacial score (nSPS) is 10.8. The number of amides is 1. The fourth-order valence-electron chi connectivity index (χ4n) is 2.09. The molecule has 0 unspecified atom stereocenters. The molecule has 1 aromatic carbocycles. The molecule has 7 heteroatoms. The summed E-state index contributed by atoms with van der Waals surface area (Å²) in [5.41, 5.74) is 0.987. The molecule has 2 aromatic rings. The molecule has 5 nitrogen and oxygen atoms in total. The van der Waals surface area contributed by atoms with Crippen LogP contribution in [0.2, 0.25) is 0 Å². The third-order valence-corrected chi connectivity index (χ3v) is 4.05. The van der Waals surface area contributed by atoms with Crippen molar-refractivity contribution in [1.82, 2.24) is 9.88 Å². The molecule has 0 aliphatic carbocycles. The number of hydrogen-bond acceptors (Lipinski definition) is 4. The van der Waals surface area contributed by atoms with Gasteiger partial charge in [0, 0.05) is 17.8 Å². The Morgan fingerprint density at radius 3 is 2.74 bits per heavy atom. The summed E-state index contributed by atoms with van der Waals surface area (Å²) in [6.07, 6.45) is 0.427. The minimum absolute atomic E-state index is 0.219. The van der Waals surface area contributed by atoms with E-state index in [1.165, 1.54) is 28.4 Å². The topological polar surface area (TPSA) is 70.5 Å². The molecule has 0 atom stereocenters. The van der Waals surface area contributed by atoms with Crippen LogP contribution in [0.1, 0.15) is 34.9 Å². The van der Waals surface area contributed by atoms with Crippen molar-refractivity contribution in [3.8, 4) is 0 Å². The lowest BCUT2D eigenvalue weighted by molar-refractivity contribution is -0.138. The van der Waals surface area contributed by atoms with E-state index in [4.69, 9.17) is 5.11 Å². The molecule has 2 rings (SSSR count). The van der Waals surface area contributed by atoms with E-state index in [-0.39, 0.29) is 24.1 Å². The molecule has 0 bridgehead atoms. The van der Waals surface area contributed by atoms with Gasteiger partial charge in [0.25, 0.3) is 5.91 Å². The van der Waals surface area contributed by atoms with Gasteiger partial charge >= 0.3 is 5.97 Å². The van der Waals surface area contributed by atoms with Crippen LogP contribution in [0.4, 0.5) is 4.39 Å². The van der Waals surface area contributed by atoms with Crippen molar-refractivity contribution in [2.75, 3.05) is 6.54 Å². The Kier molecular flexibility index (Phi) is 5.44. The number of carboxylic acids is 1. The predicted molar refractivity (Wildman–Crippen MR) is 85.1 cm³/mol. The van der Waals surface area contributed by atoms with Gasteiger partial charge in [0.2, 0.25) is 0 Å². The Bertz CT molecular complexity index is 715. The zero-order valence-electron chi connectivity index (χ0n) is 12.8. The Labute approximate surface area is 137 Å². The standard InChI is InChI=1S/C16H17FN2O3S/c1-10(2)19(8-15(20)21)16(22)13-9-23-14(18-13)7-11-4-3-5-12(17)6-11/h3-6,9-10H,7-8H2,1-2H3,(H,20,21). The number of aliphatic carboxylic acids is 1. The van der Waals surface area contributed by atoms with Crippen LogP contribution in [0.5, 0.6) is 0 Å². The summed E-state index contributed by atoms with van der Waals surface area (Å²) in [4.78, 5) is 28.8. The zero-order valence-corrected chi connectivity index (χ0v) is 13.6. The number of thiazole rings is 1. The van der Waals surface area contributed by atoms with E-state index >= 15 is 0 Å². The van der Waals surface area contributed by atoms with Gasteiger partial charge in [-0.3, -0.25) is 9.59 Å². The number of rotatable bonds is 6. The molecule has 0 saturated carbocycles. The molecule has 0 fully saturated rings. The molecule has 1 aromatic heterocycles. The number of halogens is 1. The van der Waals surface area contributed by atoms with Crippen molar-refractivity contribution in [2.24, 2.45) is 0 Å². The maximum atomic E-state index is 13.2. The molecule has 1 amide bonds. The number of carbonyl (C=O) groups is 2. The SMILES string of the molecule is CC(C)N(CC(=O)O)C(=O)c1csc(Cc2cccc(F)c2)n1. The first kappa shape index (κ1) is 17.1. The molecule has 0 saturated heterocycles. The van der Waals surface area contributed by atoms with Crippen molar-refractivity contribution in [2.45, 2.75) is 26.3 Å². The van der Waals surface area contributed by atoms with Crippen LogP contribution in [-0.2, 0) is 11.2 Å². The van der Waals surface area contributed by atoms with E-state index in [2.05, 4.69) is 4.98 Å². The van der Waals surface area contributed by atoms with Gasteiger partial charge in [0.05, 0.1) is 5.01 Å². The second kappa shape index (κ2) is 7.32. The van der Waals surface area contributed by atoms with Crippen molar-refractivity contribution in [3.05, 3.63) is 51.7 Å². The average Bonchev–Trinajstić information content (AvgIpc) is 2.92. The minimum atomic E-state index is -1.07. The fourth-order valence-corrected chi connectivity index (χ4v) is 2.90. The van der Waals surface area contributed by atoms with Crippen LogP contribution in [0.15, 0.2) is 29.6 Å². The van der Waals surface area contributed by atoms with Gasteiger partial charge in [-0.25, -0.2) is 9.37 Å². The third kappa shape index (κ3) is 4.59. The summed E-state index contributed by atoms with van der Waals surface area (Å²) >= 11 is 1.30. The van der Waals surface area contributed by atoms with E-state index in [1.807, 2.05) is 0 Å². The first-order chi connectivity index (χ1) is 10.9. The van der Waals surface area contributed by atoms with Crippen molar-refractivity contribution < 1.29 is 19.1 Å². The van der Waals surface area contributed by atoms with E-state index in [0.29, 0.717) is 11.4 Å². The summed E-state index contributed by atoms with van der Waals surface area (Å²) in [6.45, 7) is 3.13. The number of hydrogen-bond donors (Lipinski definition) is 1. The second-order valence-corrected chi connectivity index (χ2v) is 6.30. The third-order valence-electron chi connectivity index (χ3n) is 3.21. The monoisotopic (exact) mass is 336 g/mol. The van der Waals surface area contributed by atoms with E-state index in [1.54, 1.807) is 31.4 Å². The highest BCUT2D eigenvalue weighted by Gasteiger charge is 2.23. The highest BCUT2D eigenvalue weighted by molar-refractivity contribution is 7.09. The van der Waals surface area contributed by atoms with Crippen molar-refractivity contribution >= 4 is 23.2 Å². The van der Waals surface area contributed by atoms with Crippen LogP contribution in [0.3, 0.4) is 0 Å². The predicted octanol–water partition coefficient (Wildman–Crippen LogP) is 2.81. The van der Waals surface area contributed by atoms with Crippen LogP contribution >= 0.6 is 11.3 Å². The van der Waals surface area contributed by atoms with Gasteiger partial charge in [0.15, 0.2) is 0 Å². The summed E-state index contributed by atoms with van der Waals surface area (Å²) in [7, 11) is 0. The van der Waals surface area contributed by atoms with Crippen LogP contribution in [0, 0.1) is 5.82 Å². The molecular formula is C16H17FN2O3S. The Balaban J connectivity index is 2.14. The molecule has 122 valence electrons. The van der Waals surface area contributed by atoms with E-state index in [9.17, 15) is 14.0 Å². The second-order valence-electron chi connectivity index (χ2n) is 5.35. The lowest BCUT2D eigenvalue weighted by Gasteiger charge is -2.23. The van der Waals surface area contributed by atoms with Crippen molar-refractivity contribution in [1.29, 1.82) is 0 Å². The van der Waals surface area contributed by atoms with Gasteiger partial charge in [0.1, 0.15) is 18.1 Å². The molecule has 0 aliphatic heterocycles. The van der Waals surface area contributed by atoms with Gasteiger partial charge in [-0.2, -0.15) is 0 Å². The summed E-state index contributed by atoms with van der Waals surface area (Å²) in [5, 5.41) is 11.2. The molecule has 0 aliphatic rings. The molecule has 23 heavy (non-hydrogen) atoms. The Morgan fingerprint density at radius 2 is 2.13 bits per heavy atom. The minimum Gasteiger partial charge on any atom is -0.480 e. The first-order valence-electron chi connectivity index (χ1n) is 7.08. The fraction of sp³-hybridized carbons (Fsp3) is 0.312. The maximum Gasteiger partial charge on any atom is 0.323 e. The molecule has 0 spiro atoms. The number of nitrogens with zero attached hydrogens (tertiary/aromatic N) is 2. The lowest BCUT2D eigenvalue weighted by atomic mass is 10.1. The molecule has 0 radical (unpaired) electrons. The van der Waals surface area contributed by atoms with E-state index in [0.717, 1.165) is 5.56 Å². The highest BCUT2D eigenvalue weighted by Crippen LogP contribution is 2.17. The van der Waals surface area contributed by atoms with Gasteiger partial charge in [-0.15, -0.1) is 11.3 Å². The number of aromatic nitrogens is 1. The highest BCUT2D eigenvalue weighted by atomic mass is 32.1. The molecular weight excluding hydrogens is 319 g/mol. The maximum absolute atomic E-state index is 13.2. The van der Waals surface area contributed by atoms with Crippen molar-refractivity contribution in [3.63, 3.8) is 0 Å². The van der Waals surface area contributed by atoms with Gasteiger partial charge < -0.3 is 10.0 Å². The van der Waals surface area contributed by atoms with Gasteiger partial charge in [-0.1, -0.05) is 12.1 Å². The van der Waals surface area contributed by atoms with Crippen LogP contribution in [0.25, 0.3) is 0 Å². The Morgan fingerprint density at radius 1 is 1.39 bits per heavy atom. The number of carboxylic acid groups (broad SMARTS) is 1. The first-order valence-corrected chi connectivity index (χ1v) is 7.96. The van der Waals surface area contributed by atoms with Crippen LogP contribution in [-0.4, -0.2) is 39.5 Å². The van der Waals surface area contributed by atoms with Crippen LogP contribution < -0.4 is 0 Å². The quantitative estimate of drug-likeness (QED) is 0.880. The summed E-state index contributed by atoms with van der Waals surface area (Å²) < 4.78 is 13.2. The van der Waals surface area contributed by atoms with Gasteiger partial charge in [-0.05, 0) is 31.5 Å². The Hall–Kier alpha value is -2.28. The average molecular weight is 336 g/mol. The lowest BCUT2D eigenvalue weighted by Crippen LogP contribution is -2.40. The molecule has 1 heterocycles. The smallest absolute Gasteiger partial charge is 0.323 e. The molecule has 1 N–H and O–H groups in total. The number of carbonyl (C=O) groups excluding carboxylic acids is 1. The summed E-state index contributed by atoms with van der Waals surface area (Å²) in [6, 6.07) is 5.96. The zero-order chi connectivity index (χ0) is 17.0. The largest absolute Gasteiger partial charge is 0.480 e. The van der Waals surface area contributed by atoms with E-state index < -0.39 is 11.9 Å². The number of benzene rings is 1. The summed E-state index contributed by atoms with van der Waals surface area (Å²) in [5.74, 6) is -1.80.